The van der Waals surface area contributed by atoms with Gasteiger partial charge in [-0.2, -0.15) is 4.98 Å². The quantitative estimate of drug-likeness (QED) is 0.625. The Kier molecular flexibility index (Phi) is 5.26. The highest BCUT2D eigenvalue weighted by Gasteiger charge is 2.30. The molecule has 8 nitrogen and oxygen atoms in total. The lowest BCUT2D eigenvalue weighted by Crippen LogP contribution is -2.41. The summed E-state index contributed by atoms with van der Waals surface area (Å²) in [5.74, 6) is 1.69. The van der Waals surface area contributed by atoms with Gasteiger partial charge in [0.15, 0.2) is 0 Å². The smallest absolute Gasteiger partial charge is 0.410 e. The van der Waals surface area contributed by atoms with Crippen molar-refractivity contribution < 1.29 is 14.1 Å². The van der Waals surface area contributed by atoms with E-state index in [-0.39, 0.29) is 12.0 Å². The number of ether oxygens (including phenoxy) is 1. The van der Waals surface area contributed by atoms with Crippen molar-refractivity contribution in [2.75, 3.05) is 13.1 Å². The van der Waals surface area contributed by atoms with E-state index in [9.17, 15) is 4.79 Å². The summed E-state index contributed by atoms with van der Waals surface area (Å²) >= 11 is 0. The molecule has 1 aliphatic heterocycles. The highest BCUT2D eigenvalue weighted by Crippen LogP contribution is 2.30. The molecule has 1 saturated heterocycles. The van der Waals surface area contributed by atoms with E-state index < -0.39 is 5.60 Å². The zero-order valence-electron chi connectivity index (χ0n) is 18.3. The van der Waals surface area contributed by atoms with E-state index in [1.54, 1.807) is 4.90 Å². The maximum Gasteiger partial charge on any atom is 0.410 e. The van der Waals surface area contributed by atoms with Crippen LogP contribution in [0.4, 0.5) is 4.79 Å². The first-order valence-electron chi connectivity index (χ1n) is 10.5. The third kappa shape index (κ3) is 4.17. The van der Waals surface area contributed by atoms with Gasteiger partial charge in [0.25, 0.3) is 0 Å². The minimum atomic E-state index is -0.485. The summed E-state index contributed by atoms with van der Waals surface area (Å²) in [4.78, 5) is 23.2. The summed E-state index contributed by atoms with van der Waals surface area (Å²) in [6.45, 7) is 11.1. The van der Waals surface area contributed by atoms with E-state index in [1.807, 2.05) is 43.8 Å². The van der Waals surface area contributed by atoms with E-state index in [0.717, 1.165) is 29.6 Å². The van der Waals surface area contributed by atoms with Crippen molar-refractivity contribution in [1.82, 2.24) is 24.4 Å². The second-order valence-corrected chi connectivity index (χ2v) is 9.19. The molecule has 0 atom stereocenters. The van der Waals surface area contributed by atoms with Crippen LogP contribution in [0.5, 0.6) is 0 Å². The number of carbonyl (C=O) groups excluding carboxylic acids is 1. The predicted molar refractivity (Wildman–Crippen MR) is 112 cm³/mol. The second kappa shape index (κ2) is 7.74. The fraction of sp³-hybridized carbons (Fsp3) is 0.545. The Balaban J connectivity index is 1.46. The molecule has 0 N–H and O–H groups in total. The second-order valence-electron chi connectivity index (χ2n) is 9.19. The first-order valence-corrected chi connectivity index (χ1v) is 10.5. The molecule has 0 bridgehead atoms. The Morgan fingerprint density at radius 2 is 2.00 bits per heavy atom. The number of fused-ring (bicyclic) bond motifs is 1. The molecule has 160 valence electrons. The van der Waals surface area contributed by atoms with Gasteiger partial charge in [0.05, 0.1) is 17.5 Å². The van der Waals surface area contributed by atoms with Crippen molar-refractivity contribution in [3.63, 3.8) is 0 Å². The molecule has 0 aromatic carbocycles. The van der Waals surface area contributed by atoms with Crippen LogP contribution in [-0.2, 0) is 4.74 Å². The van der Waals surface area contributed by atoms with Crippen molar-refractivity contribution in [1.29, 1.82) is 0 Å². The first kappa shape index (κ1) is 20.4. The molecular formula is C22H29N5O3. The predicted octanol–water partition coefficient (Wildman–Crippen LogP) is 4.62. The molecule has 8 heteroatoms. The Hall–Kier alpha value is -2.90. The molecule has 3 aromatic heterocycles. The number of amides is 1. The zero-order chi connectivity index (χ0) is 21.5. The third-order valence-electron chi connectivity index (χ3n) is 5.31. The van der Waals surface area contributed by atoms with Gasteiger partial charge >= 0.3 is 6.09 Å². The lowest BCUT2D eigenvalue weighted by atomic mass is 9.97. The van der Waals surface area contributed by atoms with Crippen molar-refractivity contribution in [2.24, 2.45) is 0 Å². The number of likely N-dealkylation sites (tertiary alicyclic amines) is 1. The molecule has 1 aliphatic rings. The van der Waals surface area contributed by atoms with Gasteiger partial charge < -0.3 is 18.6 Å². The number of piperidine rings is 1. The van der Waals surface area contributed by atoms with E-state index in [4.69, 9.17) is 9.26 Å². The molecule has 3 aromatic rings. The molecule has 0 aliphatic carbocycles. The summed E-state index contributed by atoms with van der Waals surface area (Å²) < 4.78 is 13.1. The SMILES string of the molecule is CC(C)c1ncn2ccc(-c3noc(C4CCN(C(=O)OC(C)(C)C)CC4)n3)cc12. The minimum absolute atomic E-state index is 0.148. The van der Waals surface area contributed by atoms with Gasteiger partial charge in [-0.1, -0.05) is 19.0 Å². The van der Waals surface area contributed by atoms with Crippen LogP contribution in [0.1, 0.15) is 70.9 Å². The molecule has 1 amide bonds. The molecule has 0 radical (unpaired) electrons. The lowest BCUT2D eigenvalue weighted by Gasteiger charge is -2.32. The van der Waals surface area contributed by atoms with Gasteiger partial charge in [0, 0.05) is 30.8 Å². The maximum atomic E-state index is 12.3. The minimum Gasteiger partial charge on any atom is -0.444 e. The summed E-state index contributed by atoms with van der Waals surface area (Å²) in [5, 5.41) is 4.21. The van der Waals surface area contributed by atoms with Gasteiger partial charge in [-0.25, -0.2) is 9.78 Å². The number of imidazole rings is 1. The molecule has 0 spiro atoms. The Morgan fingerprint density at radius 3 is 2.67 bits per heavy atom. The third-order valence-corrected chi connectivity index (χ3v) is 5.31. The Labute approximate surface area is 176 Å². The van der Waals surface area contributed by atoms with Gasteiger partial charge in [0.1, 0.15) is 5.60 Å². The monoisotopic (exact) mass is 411 g/mol. The zero-order valence-corrected chi connectivity index (χ0v) is 18.3. The number of pyridine rings is 1. The largest absolute Gasteiger partial charge is 0.444 e. The van der Waals surface area contributed by atoms with E-state index in [1.165, 1.54) is 0 Å². The molecule has 4 rings (SSSR count). The number of carbonyl (C=O) groups is 1. The molecule has 0 unspecified atom stereocenters. The van der Waals surface area contributed by atoms with Crippen molar-refractivity contribution >= 4 is 11.6 Å². The first-order chi connectivity index (χ1) is 14.2. The van der Waals surface area contributed by atoms with E-state index in [0.29, 0.717) is 30.7 Å². The molecule has 0 saturated carbocycles. The normalized spacial score (nSPS) is 15.9. The van der Waals surface area contributed by atoms with E-state index >= 15 is 0 Å². The van der Waals surface area contributed by atoms with E-state index in [2.05, 4.69) is 35.0 Å². The summed E-state index contributed by atoms with van der Waals surface area (Å²) in [5.41, 5.74) is 2.53. The van der Waals surface area contributed by atoms with Crippen LogP contribution in [0.25, 0.3) is 16.9 Å². The molecule has 4 heterocycles. The van der Waals surface area contributed by atoms with Crippen LogP contribution in [0.3, 0.4) is 0 Å². The number of hydrogen-bond acceptors (Lipinski definition) is 6. The van der Waals surface area contributed by atoms with Crippen LogP contribution in [0.2, 0.25) is 0 Å². The highest BCUT2D eigenvalue weighted by molar-refractivity contribution is 5.68. The van der Waals surface area contributed by atoms with Gasteiger partial charge in [0.2, 0.25) is 11.7 Å². The van der Waals surface area contributed by atoms with Crippen LogP contribution in [0, 0.1) is 0 Å². The maximum absolute atomic E-state index is 12.3. The number of rotatable bonds is 3. The van der Waals surface area contributed by atoms with Crippen molar-refractivity contribution in [3.05, 3.63) is 36.2 Å². The van der Waals surface area contributed by atoms with Crippen molar-refractivity contribution in [2.45, 2.75) is 64.9 Å². The topological polar surface area (TPSA) is 85.8 Å². The van der Waals surface area contributed by atoms with Crippen LogP contribution < -0.4 is 0 Å². The van der Waals surface area contributed by atoms with Gasteiger partial charge in [-0.05, 0) is 51.7 Å². The van der Waals surface area contributed by atoms with Gasteiger partial charge in [-0.3, -0.25) is 0 Å². The average molecular weight is 412 g/mol. The number of nitrogens with zero attached hydrogens (tertiary/aromatic N) is 5. The Morgan fingerprint density at radius 1 is 1.27 bits per heavy atom. The van der Waals surface area contributed by atoms with Crippen molar-refractivity contribution in [3.8, 4) is 11.4 Å². The van der Waals surface area contributed by atoms with Crippen LogP contribution in [-0.4, -0.2) is 49.2 Å². The summed E-state index contributed by atoms with van der Waals surface area (Å²) in [7, 11) is 0. The standard InChI is InChI=1S/C22H29N5O3/c1-14(2)18-17-12-16(8-11-27(17)13-23-18)19-24-20(30-25-19)15-6-9-26(10-7-15)21(28)29-22(3,4)5/h8,11-15H,6-7,9-10H2,1-5H3. The highest BCUT2D eigenvalue weighted by atomic mass is 16.6. The number of aromatic nitrogens is 4. The average Bonchev–Trinajstić information content (AvgIpc) is 3.33. The van der Waals surface area contributed by atoms with Gasteiger partial charge in [-0.15, -0.1) is 0 Å². The fourth-order valence-electron chi connectivity index (χ4n) is 3.75. The Bertz CT molecular complexity index is 1040. The molecular weight excluding hydrogens is 382 g/mol. The van der Waals surface area contributed by atoms with Crippen LogP contribution in [0.15, 0.2) is 29.2 Å². The lowest BCUT2D eigenvalue weighted by molar-refractivity contribution is 0.0198. The van der Waals surface area contributed by atoms with Crippen LogP contribution >= 0.6 is 0 Å². The molecule has 1 fully saturated rings. The number of hydrogen-bond donors (Lipinski definition) is 0. The molecule has 30 heavy (non-hydrogen) atoms. The fourth-order valence-corrected chi connectivity index (χ4v) is 3.75. The summed E-state index contributed by atoms with van der Waals surface area (Å²) in [6.07, 6.45) is 5.09. The summed E-state index contributed by atoms with van der Waals surface area (Å²) in [6, 6.07) is 4.03.